The van der Waals surface area contributed by atoms with E-state index in [0.29, 0.717) is 24.2 Å². The maximum atomic E-state index is 13.0. The van der Waals surface area contributed by atoms with Crippen LogP contribution in [0.3, 0.4) is 0 Å². The highest BCUT2D eigenvalue weighted by Gasteiger charge is 2.21. The first-order valence-corrected chi connectivity index (χ1v) is 10.6. The van der Waals surface area contributed by atoms with Gasteiger partial charge >= 0.3 is 5.97 Å². The molecule has 2 heterocycles. The van der Waals surface area contributed by atoms with Crippen molar-refractivity contribution >= 4 is 22.7 Å². The van der Waals surface area contributed by atoms with E-state index >= 15 is 0 Å². The van der Waals surface area contributed by atoms with Gasteiger partial charge < -0.3 is 14.0 Å². The summed E-state index contributed by atoms with van der Waals surface area (Å²) in [5.74, 6) is -0.695. The number of pyridine rings is 1. The SMILES string of the molecule is CCc1nc2ccccc2c(C(=O)OCC(=O)c2cc(C)n(CCCOC)c2C)c1C. The molecule has 2 aromatic heterocycles. The van der Waals surface area contributed by atoms with Gasteiger partial charge in [0.15, 0.2) is 6.61 Å². The zero-order valence-corrected chi connectivity index (χ0v) is 18.9. The number of fused-ring (bicyclic) bond motifs is 1. The molecule has 0 atom stereocenters. The van der Waals surface area contributed by atoms with Gasteiger partial charge in [0.05, 0.1) is 11.1 Å². The van der Waals surface area contributed by atoms with Gasteiger partial charge in [-0.25, -0.2) is 4.79 Å². The maximum absolute atomic E-state index is 13.0. The second-order valence-electron chi connectivity index (χ2n) is 7.71. The number of Topliss-reactive ketones (excluding diaryl/α,β-unsaturated/α-hetero) is 1. The van der Waals surface area contributed by atoms with Gasteiger partial charge in [-0.05, 0) is 51.3 Å². The van der Waals surface area contributed by atoms with Gasteiger partial charge in [0.1, 0.15) is 0 Å². The normalized spacial score (nSPS) is 11.1. The Balaban J connectivity index is 1.80. The van der Waals surface area contributed by atoms with E-state index in [0.717, 1.165) is 46.5 Å². The first-order valence-electron chi connectivity index (χ1n) is 10.6. The first-order chi connectivity index (χ1) is 14.9. The third-order valence-electron chi connectivity index (χ3n) is 5.71. The van der Waals surface area contributed by atoms with Crippen LogP contribution in [0.25, 0.3) is 10.9 Å². The van der Waals surface area contributed by atoms with Crippen molar-refractivity contribution in [1.82, 2.24) is 9.55 Å². The molecule has 31 heavy (non-hydrogen) atoms. The lowest BCUT2D eigenvalue weighted by Gasteiger charge is -2.13. The van der Waals surface area contributed by atoms with Crippen LogP contribution in [-0.4, -0.2) is 41.6 Å². The predicted octanol–water partition coefficient (Wildman–Crippen LogP) is 4.60. The molecule has 0 aliphatic heterocycles. The van der Waals surface area contributed by atoms with Gasteiger partial charge in [-0.2, -0.15) is 0 Å². The fourth-order valence-electron chi connectivity index (χ4n) is 4.04. The van der Waals surface area contributed by atoms with Crippen LogP contribution >= 0.6 is 0 Å². The molecule has 164 valence electrons. The maximum Gasteiger partial charge on any atom is 0.339 e. The van der Waals surface area contributed by atoms with E-state index in [-0.39, 0.29) is 12.4 Å². The Kier molecular flexibility index (Phi) is 7.23. The average Bonchev–Trinajstić information content (AvgIpc) is 3.05. The summed E-state index contributed by atoms with van der Waals surface area (Å²) >= 11 is 0. The summed E-state index contributed by atoms with van der Waals surface area (Å²) in [5.41, 5.74) is 5.38. The molecule has 0 bridgehead atoms. The molecule has 1 aromatic carbocycles. The molecule has 0 N–H and O–H groups in total. The lowest BCUT2D eigenvalue weighted by Crippen LogP contribution is -2.17. The third kappa shape index (κ3) is 4.69. The van der Waals surface area contributed by atoms with Crippen molar-refractivity contribution in [3.8, 4) is 0 Å². The number of ketones is 1. The topological polar surface area (TPSA) is 70.4 Å². The zero-order valence-electron chi connectivity index (χ0n) is 18.9. The van der Waals surface area contributed by atoms with Crippen LogP contribution < -0.4 is 0 Å². The first kappa shape index (κ1) is 22.7. The number of aryl methyl sites for hydroxylation is 2. The largest absolute Gasteiger partial charge is 0.454 e. The van der Waals surface area contributed by atoms with Crippen molar-refractivity contribution in [2.45, 2.75) is 47.1 Å². The van der Waals surface area contributed by atoms with E-state index in [1.54, 1.807) is 7.11 Å². The molecule has 6 nitrogen and oxygen atoms in total. The Bertz CT molecular complexity index is 1110. The molecule has 0 saturated carbocycles. The van der Waals surface area contributed by atoms with E-state index in [1.165, 1.54) is 0 Å². The summed E-state index contributed by atoms with van der Waals surface area (Å²) in [6.07, 6.45) is 1.58. The van der Waals surface area contributed by atoms with Crippen LogP contribution in [0, 0.1) is 20.8 Å². The fraction of sp³-hybridized carbons (Fsp3) is 0.400. The van der Waals surface area contributed by atoms with Crippen molar-refractivity contribution in [2.24, 2.45) is 0 Å². The molecule has 0 aliphatic rings. The molecule has 0 radical (unpaired) electrons. The summed E-state index contributed by atoms with van der Waals surface area (Å²) in [6, 6.07) is 9.37. The Morgan fingerprint density at radius 2 is 1.87 bits per heavy atom. The number of rotatable bonds is 9. The third-order valence-corrected chi connectivity index (χ3v) is 5.71. The van der Waals surface area contributed by atoms with Crippen molar-refractivity contribution in [3.63, 3.8) is 0 Å². The van der Waals surface area contributed by atoms with Crippen LogP contribution in [0.4, 0.5) is 0 Å². The van der Waals surface area contributed by atoms with E-state index in [1.807, 2.05) is 58.0 Å². The Morgan fingerprint density at radius 3 is 2.58 bits per heavy atom. The van der Waals surface area contributed by atoms with E-state index in [4.69, 9.17) is 9.47 Å². The molecule has 0 aliphatic carbocycles. The number of hydrogen-bond acceptors (Lipinski definition) is 5. The number of aromatic nitrogens is 2. The molecular weight excluding hydrogens is 392 g/mol. The number of hydrogen-bond donors (Lipinski definition) is 0. The quantitative estimate of drug-likeness (QED) is 0.286. The Hall–Kier alpha value is -2.99. The minimum atomic E-state index is -0.493. The van der Waals surface area contributed by atoms with Gasteiger partial charge in [-0.3, -0.25) is 9.78 Å². The highest BCUT2D eigenvalue weighted by Crippen LogP contribution is 2.24. The highest BCUT2D eigenvalue weighted by molar-refractivity contribution is 6.06. The monoisotopic (exact) mass is 422 g/mol. The van der Waals surface area contributed by atoms with Gasteiger partial charge in [0.25, 0.3) is 0 Å². The molecule has 0 unspecified atom stereocenters. The molecule has 0 saturated heterocycles. The van der Waals surface area contributed by atoms with Crippen LogP contribution in [0.5, 0.6) is 0 Å². The highest BCUT2D eigenvalue weighted by atomic mass is 16.5. The molecule has 0 fully saturated rings. The molecule has 0 spiro atoms. The number of methoxy groups -OCH3 is 1. The van der Waals surface area contributed by atoms with Gasteiger partial charge in [-0.1, -0.05) is 25.1 Å². The van der Waals surface area contributed by atoms with E-state index in [2.05, 4.69) is 9.55 Å². The number of esters is 1. The molecule has 3 aromatic rings. The molecular formula is C25H30N2O4. The van der Waals surface area contributed by atoms with Crippen LogP contribution in [0.2, 0.25) is 0 Å². The molecule has 6 heteroatoms. The lowest BCUT2D eigenvalue weighted by molar-refractivity contribution is 0.0475. The van der Waals surface area contributed by atoms with Gasteiger partial charge in [0, 0.05) is 48.3 Å². The van der Waals surface area contributed by atoms with E-state index in [9.17, 15) is 9.59 Å². The van der Waals surface area contributed by atoms with Crippen molar-refractivity contribution < 1.29 is 19.1 Å². The number of ether oxygens (including phenoxy) is 2. The summed E-state index contributed by atoms with van der Waals surface area (Å²) in [5, 5.41) is 0.742. The second-order valence-corrected chi connectivity index (χ2v) is 7.71. The molecule has 0 amide bonds. The summed E-state index contributed by atoms with van der Waals surface area (Å²) < 4.78 is 12.7. The van der Waals surface area contributed by atoms with Crippen LogP contribution in [0.1, 0.15) is 56.7 Å². The average molecular weight is 423 g/mol. The van der Waals surface area contributed by atoms with Gasteiger partial charge in [0.2, 0.25) is 5.78 Å². The van der Waals surface area contributed by atoms with Crippen molar-refractivity contribution in [1.29, 1.82) is 0 Å². The molecule has 3 rings (SSSR count). The van der Waals surface area contributed by atoms with Crippen LogP contribution in [-0.2, 0) is 22.4 Å². The Morgan fingerprint density at radius 1 is 1.13 bits per heavy atom. The number of para-hydroxylation sites is 1. The standard InChI is InChI=1S/C25H30N2O4/c1-6-21-17(3)24(19-10-7-8-11-22(19)26-21)25(29)31-15-23(28)20-14-16(2)27(18(20)4)12-9-13-30-5/h7-8,10-11,14H,6,9,12-13,15H2,1-5H3. The van der Waals surface area contributed by atoms with Crippen LogP contribution in [0.15, 0.2) is 30.3 Å². The van der Waals surface area contributed by atoms with Crippen molar-refractivity contribution in [3.05, 3.63) is 64.1 Å². The Labute approximate surface area is 183 Å². The number of benzene rings is 1. The fourth-order valence-corrected chi connectivity index (χ4v) is 4.04. The van der Waals surface area contributed by atoms with Crippen molar-refractivity contribution in [2.75, 3.05) is 20.3 Å². The summed E-state index contributed by atoms with van der Waals surface area (Å²) in [7, 11) is 1.68. The minimum absolute atomic E-state index is 0.203. The smallest absolute Gasteiger partial charge is 0.339 e. The zero-order chi connectivity index (χ0) is 22.5. The number of nitrogens with zero attached hydrogens (tertiary/aromatic N) is 2. The minimum Gasteiger partial charge on any atom is -0.454 e. The summed E-state index contributed by atoms with van der Waals surface area (Å²) in [4.78, 5) is 30.5. The predicted molar refractivity (Wildman–Crippen MR) is 121 cm³/mol. The van der Waals surface area contributed by atoms with Gasteiger partial charge in [-0.15, -0.1) is 0 Å². The summed E-state index contributed by atoms with van der Waals surface area (Å²) in [6.45, 7) is 8.93. The van der Waals surface area contributed by atoms with E-state index < -0.39 is 5.97 Å². The number of carbonyl (C=O) groups is 2. The second kappa shape index (κ2) is 9.88. The number of carbonyl (C=O) groups excluding carboxylic acids is 2. The lowest BCUT2D eigenvalue weighted by atomic mass is 10.0.